The van der Waals surface area contributed by atoms with Gasteiger partial charge in [0.05, 0.1) is 21.5 Å². The zero-order valence-corrected chi connectivity index (χ0v) is 16.9. The molecule has 0 fully saturated rings. The Hall–Kier alpha value is -2.92. The molecule has 0 radical (unpaired) electrons. The molecule has 0 aromatic carbocycles. The van der Waals surface area contributed by atoms with Crippen LogP contribution in [0.4, 0.5) is 5.13 Å². The fourth-order valence-electron chi connectivity index (χ4n) is 2.74. The van der Waals surface area contributed by atoms with Crippen molar-refractivity contribution in [1.82, 2.24) is 14.5 Å². The lowest BCUT2D eigenvalue weighted by Gasteiger charge is -2.10. The molecule has 0 saturated carbocycles. The molecule has 3 heterocycles. The van der Waals surface area contributed by atoms with Crippen LogP contribution in [0.25, 0.3) is 10.2 Å². The van der Waals surface area contributed by atoms with Gasteiger partial charge in [-0.25, -0.2) is 14.8 Å². The van der Waals surface area contributed by atoms with Gasteiger partial charge >= 0.3 is 5.97 Å². The van der Waals surface area contributed by atoms with Gasteiger partial charge < -0.3 is 10.4 Å². The van der Waals surface area contributed by atoms with Crippen molar-refractivity contribution in [2.75, 3.05) is 5.32 Å². The largest absolute Gasteiger partial charge is 0.478 e. The minimum absolute atomic E-state index is 0.00791. The average molecular weight is 420 g/mol. The lowest BCUT2D eigenvalue weighted by Crippen LogP contribution is -2.31. The number of nitrogens with zero attached hydrogens (tertiary/aromatic N) is 3. The molecule has 2 N–H and O–H groups in total. The first-order valence-corrected chi connectivity index (χ1v) is 9.95. The highest BCUT2D eigenvalue weighted by Crippen LogP contribution is 2.24. The second kappa shape index (κ2) is 7.60. The third kappa shape index (κ3) is 3.58. The summed E-state index contributed by atoms with van der Waals surface area (Å²) in [6, 6.07) is 0. The minimum atomic E-state index is -1.22. The maximum absolute atomic E-state index is 12.9. The Morgan fingerprint density at radius 3 is 2.57 bits per heavy atom. The number of thiophene rings is 1. The number of rotatable bonds is 6. The number of carboxylic acids is 1. The summed E-state index contributed by atoms with van der Waals surface area (Å²) in [5.41, 5.74) is -0.182. The number of Topliss-reactive ketones (excluding diaryl/α,β-unsaturated/α-hetero) is 1. The van der Waals surface area contributed by atoms with Gasteiger partial charge in [0.15, 0.2) is 10.9 Å². The zero-order chi connectivity index (χ0) is 20.6. The lowest BCUT2D eigenvalue weighted by atomic mass is 10.2. The predicted molar refractivity (Wildman–Crippen MR) is 106 cm³/mol. The Morgan fingerprint density at radius 2 is 2.00 bits per heavy atom. The number of carbonyl (C=O) groups excluding carboxylic acids is 2. The van der Waals surface area contributed by atoms with Crippen LogP contribution in [0.5, 0.6) is 0 Å². The predicted octanol–water partition coefficient (Wildman–Crippen LogP) is 2.32. The molecular weight excluding hydrogens is 404 g/mol. The van der Waals surface area contributed by atoms with Crippen molar-refractivity contribution < 1.29 is 19.5 Å². The molecule has 0 aliphatic rings. The number of amides is 1. The fraction of sp³-hybridized carbons (Fsp3) is 0.294. The maximum Gasteiger partial charge on any atom is 0.337 e. The normalized spacial score (nSPS) is 11.0. The molecule has 146 valence electrons. The number of ketones is 1. The molecular formula is C17H16N4O5S2. The quantitative estimate of drug-likeness (QED) is 0.585. The number of thiazole rings is 1. The van der Waals surface area contributed by atoms with E-state index in [-0.39, 0.29) is 28.4 Å². The van der Waals surface area contributed by atoms with E-state index in [1.165, 1.54) is 16.9 Å². The van der Waals surface area contributed by atoms with Gasteiger partial charge in [-0.15, -0.1) is 11.3 Å². The van der Waals surface area contributed by atoms with Crippen molar-refractivity contribution in [3.63, 3.8) is 0 Å². The van der Waals surface area contributed by atoms with Crippen molar-refractivity contribution in [2.24, 2.45) is 0 Å². The summed E-state index contributed by atoms with van der Waals surface area (Å²) in [7, 11) is 0. The topological polar surface area (TPSA) is 131 Å². The van der Waals surface area contributed by atoms with E-state index in [1.807, 2.05) is 0 Å². The van der Waals surface area contributed by atoms with Crippen LogP contribution in [-0.2, 0) is 17.8 Å². The fourth-order valence-corrected chi connectivity index (χ4v) is 4.53. The molecule has 0 aliphatic heterocycles. The van der Waals surface area contributed by atoms with Gasteiger partial charge in [-0.05, 0) is 6.92 Å². The van der Waals surface area contributed by atoms with Crippen molar-refractivity contribution in [2.45, 2.75) is 33.7 Å². The van der Waals surface area contributed by atoms with E-state index < -0.39 is 17.4 Å². The molecule has 0 aliphatic carbocycles. The molecule has 0 spiro atoms. The Kier molecular flexibility index (Phi) is 5.38. The van der Waals surface area contributed by atoms with Crippen LogP contribution in [0, 0.1) is 6.92 Å². The van der Waals surface area contributed by atoms with E-state index in [4.69, 9.17) is 0 Å². The van der Waals surface area contributed by atoms with Crippen LogP contribution in [0.1, 0.15) is 45.4 Å². The average Bonchev–Trinajstić information content (AvgIpc) is 3.20. The van der Waals surface area contributed by atoms with Crippen molar-refractivity contribution in [1.29, 1.82) is 0 Å². The second-order valence-electron chi connectivity index (χ2n) is 5.95. The van der Waals surface area contributed by atoms with Crippen molar-refractivity contribution in [3.8, 4) is 0 Å². The van der Waals surface area contributed by atoms with E-state index in [2.05, 4.69) is 15.3 Å². The van der Waals surface area contributed by atoms with E-state index in [9.17, 15) is 24.3 Å². The standard InChI is InChI=1S/C17H16N4O5S2/c1-4-10-19-14-12(9(6-27-14)16(25)26)15(24)21(10)5-11(23)20-17-18-7(2)13(28-17)8(3)22/h6H,4-5H2,1-3H3,(H,25,26)(H,18,20,23). The second-order valence-corrected chi connectivity index (χ2v) is 7.80. The Bertz CT molecular complexity index is 1170. The van der Waals surface area contributed by atoms with Crippen molar-refractivity contribution >= 4 is 55.7 Å². The van der Waals surface area contributed by atoms with E-state index >= 15 is 0 Å². The Labute approximate surface area is 166 Å². The molecule has 9 nitrogen and oxygen atoms in total. The molecule has 1 amide bonds. The number of hydrogen-bond donors (Lipinski definition) is 2. The van der Waals surface area contributed by atoms with Gasteiger partial charge in [0.1, 0.15) is 17.2 Å². The molecule has 0 saturated heterocycles. The monoisotopic (exact) mass is 420 g/mol. The summed E-state index contributed by atoms with van der Waals surface area (Å²) in [6.45, 7) is 4.54. The first-order valence-electron chi connectivity index (χ1n) is 8.25. The highest BCUT2D eigenvalue weighted by atomic mass is 32.1. The maximum atomic E-state index is 12.9. The third-order valence-electron chi connectivity index (χ3n) is 3.98. The van der Waals surface area contributed by atoms with Crippen LogP contribution >= 0.6 is 22.7 Å². The molecule has 0 unspecified atom stereocenters. The molecule has 0 bridgehead atoms. The van der Waals surface area contributed by atoms with Gasteiger partial charge in [0, 0.05) is 18.7 Å². The van der Waals surface area contributed by atoms with Gasteiger partial charge in [0.2, 0.25) is 5.91 Å². The summed E-state index contributed by atoms with van der Waals surface area (Å²) in [4.78, 5) is 57.5. The van der Waals surface area contributed by atoms with Gasteiger partial charge in [-0.3, -0.25) is 19.0 Å². The summed E-state index contributed by atoms with van der Waals surface area (Å²) < 4.78 is 1.17. The van der Waals surface area contributed by atoms with Crippen LogP contribution in [-0.4, -0.2) is 37.3 Å². The van der Waals surface area contributed by atoms with Crippen LogP contribution < -0.4 is 10.9 Å². The number of aryl methyl sites for hydroxylation is 2. The van der Waals surface area contributed by atoms with Gasteiger partial charge in [-0.1, -0.05) is 18.3 Å². The number of aromatic carboxylic acids is 1. The molecule has 0 atom stereocenters. The first-order chi connectivity index (χ1) is 13.2. The molecule has 28 heavy (non-hydrogen) atoms. The lowest BCUT2D eigenvalue weighted by molar-refractivity contribution is -0.116. The number of anilines is 1. The van der Waals surface area contributed by atoms with Gasteiger partial charge in [0.25, 0.3) is 5.56 Å². The molecule has 3 aromatic rings. The number of aromatic nitrogens is 3. The first kappa shape index (κ1) is 19.8. The molecule has 3 aromatic heterocycles. The summed E-state index contributed by atoms with van der Waals surface area (Å²) in [5.74, 6) is -1.51. The third-order valence-corrected chi connectivity index (χ3v) is 6.03. The van der Waals surface area contributed by atoms with Crippen molar-refractivity contribution in [3.05, 3.63) is 37.7 Å². The number of nitrogens with one attached hydrogen (secondary N) is 1. The number of hydrogen-bond acceptors (Lipinski definition) is 8. The Balaban J connectivity index is 1.95. The van der Waals surface area contributed by atoms with Gasteiger partial charge in [-0.2, -0.15) is 0 Å². The highest BCUT2D eigenvalue weighted by molar-refractivity contribution is 7.18. The SMILES string of the molecule is CCc1nc2scc(C(=O)O)c2c(=O)n1CC(=O)Nc1nc(C)c(C(C)=O)s1. The zero-order valence-electron chi connectivity index (χ0n) is 15.2. The number of carboxylic acid groups (broad SMARTS) is 1. The highest BCUT2D eigenvalue weighted by Gasteiger charge is 2.21. The minimum Gasteiger partial charge on any atom is -0.478 e. The molecule has 11 heteroatoms. The summed E-state index contributed by atoms with van der Waals surface area (Å²) in [6.07, 6.45) is 0.392. The van der Waals surface area contributed by atoms with Crippen LogP contribution in [0.15, 0.2) is 10.2 Å². The molecule has 3 rings (SSSR count). The number of carbonyl (C=O) groups is 3. The van der Waals surface area contributed by atoms with E-state index in [1.54, 1.807) is 13.8 Å². The summed E-state index contributed by atoms with van der Waals surface area (Å²) in [5, 5.41) is 13.5. The number of fused-ring (bicyclic) bond motifs is 1. The Morgan fingerprint density at radius 1 is 1.29 bits per heavy atom. The smallest absolute Gasteiger partial charge is 0.337 e. The van der Waals surface area contributed by atoms with E-state index in [0.717, 1.165) is 22.7 Å². The van der Waals surface area contributed by atoms with E-state index in [0.29, 0.717) is 27.6 Å². The summed E-state index contributed by atoms with van der Waals surface area (Å²) >= 11 is 2.14. The van der Waals surface area contributed by atoms with Crippen LogP contribution in [0.3, 0.4) is 0 Å². The van der Waals surface area contributed by atoms with Crippen LogP contribution in [0.2, 0.25) is 0 Å².